The van der Waals surface area contributed by atoms with Gasteiger partial charge in [0.15, 0.2) is 0 Å². The second kappa shape index (κ2) is 4.98. The molecule has 1 aromatic rings. The lowest BCUT2D eigenvalue weighted by atomic mass is 10.1. The monoisotopic (exact) mass is 248 g/mol. The van der Waals surface area contributed by atoms with Gasteiger partial charge in [0.25, 0.3) is 0 Å². The zero-order chi connectivity index (χ0) is 13.3. The molecular formula is C14H20N2O2. The molecule has 0 aliphatic carbocycles. The van der Waals surface area contributed by atoms with E-state index in [-0.39, 0.29) is 11.9 Å². The van der Waals surface area contributed by atoms with Crippen molar-refractivity contribution in [2.75, 3.05) is 13.6 Å². The maximum absolute atomic E-state index is 11.7. The summed E-state index contributed by atoms with van der Waals surface area (Å²) in [6.07, 6.45) is 0.866. The zero-order valence-corrected chi connectivity index (χ0v) is 11.2. The topological polar surface area (TPSA) is 52.6 Å². The zero-order valence-electron chi connectivity index (χ0n) is 11.2. The summed E-state index contributed by atoms with van der Waals surface area (Å²) < 4.78 is 0. The molecule has 1 fully saturated rings. The molecule has 1 aliphatic heterocycles. The molecule has 1 saturated heterocycles. The third-order valence-corrected chi connectivity index (χ3v) is 3.53. The first-order chi connectivity index (χ1) is 8.49. The smallest absolute Gasteiger partial charge is 0.239 e. The van der Waals surface area contributed by atoms with Crippen LogP contribution >= 0.6 is 0 Å². The number of nitrogens with zero attached hydrogens (tertiary/aromatic N) is 1. The van der Waals surface area contributed by atoms with Crippen LogP contribution < -0.4 is 5.32 Å². The summed E-state index contributed by atoms with van der Waals surface area (Å²) in [6, 6.07) is 3.85. The second-order valence-electron chi connectivity index (χ2n) is 5.06. The van der Waals surface area contributed by atoms with Gasteiger partial charge in [0.05, 0.1) is 6.04 Å². The predicted octanol–water partition coefficient (Wildman–Crippen LogP) is 1.33. The minimum atomic E-state index is -0.0654. The van der Waals surface area contributed by atoms with Crippen LogP contribution in [0.2, 0.25) is 0 Å². The van der Waals surface area contributed by atoms with E-state index in [4.69, 9.17) is 0 Å². The minimum absolute atomic E-state index is 0.0654. The summed E-state index contributed by atoms with van der Waals surface area (Å²) in [6.45, 7) is 5.26. The third-order valence-electron chi connectivity index (χ3n) is 3.53. The van der Waals surface area contributed by atoms with Crippen molar-refractivity contribution >= 4 is 5.91 Å². The summed E-state index contributed by atoms with van der Waals surface area (Å²) in [5.41, 5.74) is 2.86. The standard InChI is InChI=1S/C14H20N2O2/c1-9-6-11(7-10(2)13(9)17)8-15-12-4-5-16(3)14(12)18/h6-7,12,15,17H,4-5,8H2,1-3H3. The highest BCUT2D eigenvalue weighted by Crippen LogP contribution is 2.23. The number of nitrogens with one attached hydrogen (secondary N) is 1. The first kappa shape index (κ1) is 12.9. The van der Waals surface area contributed by atoms with Crippen LogP contribution in [0.3, 0.4) is 0 Å². The van der Waals surface area contributed by atoms with Crippen LogP contribution in [0.4, 0.5) is 0 Å². The Kier molecular flexibility index (Phi) is 3.57. The van der Waals surface area contributed by atoms with Crippen molar-refractivity contribution in [3.8, 4) is 5.75 Å². The Bertz CT molecular complexity index is 448. The summed E-state index contributed by atoms with van der Waals surface area (Å²) in [5.74, 6) is 0.526. The molecule has 98 valence electrons. The number of carbonyl (C=O) groups excluding carboxylic acids is 1. The normalized spacial score (nSPS) is 19.6. The van der Waals surface area contributed by atoms with Gasteiger partial charge in [-0.2, -0.15) is 0 Å². The highest BCUT2D eigenvalue weighted by molar-refractivity contribution is 5.83. The number of hydrogen-bond donors (Lipinski definition) is 2. The predicted molar refractivity (Wildman–Crippen MR) is 70.5 cm³/mol. The Morgan fingerprint density at radius 3 is 2.50 bits per heavy atom. The second-order valence-corrected chi connectivity index (χ2v) is 5.06. The van der Waals surface area contributed by atoms with E-state index in [9.17, 15) is 9.90 Å². The molecule has 18 heavy (non-hydrogen) atoms. The van der Waals surface area contributed by atoms with Gasteiger partial charge in [-0.3, -0.25) is 4.79 Å². The largest absolute Gasteiger partial charge is 0.507 e. The quantitative estimate of drug-likeness (QED) is 0.848. The highest BCUT2D eigenvalue weighted by Gasteiger charge is 2.28. The Morgan fingerprint density at radius 2 is 2.00 bits per heavy atom. The number of amides is 1. The number of likely N-dealkylation sites (N-methyl/N-ethyl adjacent to an activating group) is 1. The molecule has 1 aliphatic rings. The fraction of sp³-hybridized carbons (Fsp3) is 0.500. The Hall–Kier alpha value is -1.55. The fourth-order valence-corrected chi connectivity index (χ4v) is 2.40. The van der Waals surface area contributed by atoms with Crippen molar-refractivity contribution in [3.05, 3.63) is 28.8 Å². The molecule has 1 heterocycles. The van der Waals surface area contributed by atoms with Gasteiger partial charge < -0.3 is 15.3 Å². The molecule has 4 nitrogen and oxygen atoms in total. The van der Waals surface area contributed by atoms with Crippen molar-refractivity contribution in [3.63, 3.8) is 0 Å². The Balaban J connectivity index is 2.01. The minimum Gasteiger partial charge on any atom is -0.507 e. The molecule has 0 bridgehead atoms. The molecular weight excluding hydrogens is 228 g/mol. The van der Waals surface area contributed by atoms with E-state index in [1.165, 1.54) is 0 Å². The van der Waals surface area contributed by atoms with Gasteiger partial charge in [0, 0.05) is 20.1 Å². The molecule has 2 rings (SSSR count). The van der Waals surface area contributed by atoms with Crippen molar-refractivity contribution in [2.45, 2.75) is 32.9 Å². The molecule has 1 amide bonds. The first-order valence-electron chi connectivity index (χ1n) is 6.26. The third kappa shape index (κ3) is 2.48. The Morgan fingerprint density at radius 1 is 1.39 bits per heavy atom. The van der Waals surface area contributed by atoms with Crippen molar-refractivity contribution < 1.29 is 9.90 Å². The Labute approximate surface area is 108 Å². The van der Waals surface area contributed by atoms with Gasteiger partial charge in [-0.05, 0) is 37.0 Å². The van der Waals surface area contributed by atoms with E-state index < -0.39 is 0 Å². The van der Waals surface area contributed by atoms with Crippen LogP contribution in [0.1, 0.15) is 23.1 Å². The van der Waals surface area contributed by atoms with E-state index in [1.807, 2.05) is 33.0 Å². The molecule has 0 radical (unpaired) electrons. The summed E-state index contributed by atoms with van der Waals surface area (Å²) in [4.78, 5) is 13.5. The average molecular weight is 248 g/mol. The number of likely N-dealkylation sites (tertiary alicyclic amines) is 1. The lowest BCUT2D eigenvalue weighted by Crippen LogP contribution is -2.36. The average Bonchev–Trinajstić information content (AvgIpc) is 2.64. The van der Waals surface area contributed by atoms with Crippen LogP contribution in [0.5, 0.6) is 5.75 Å². The van der Waals surface area contributed by atoms with Crippen molar-refractivity contribution in [2.24, 2.45) is 0 Å². The molecule has 1 unspecified atom stereocenters. The number of rotatable bonds is 3. The number of hydrogen-bond acceptors (Lipinski definition) is 3. The fourth-order valence-electron chi connectivity index (χ4n) is 2.40. The van der Waals surface area contributed by atoms with Crippen LogP contribution in [0, 0.1) is 13.8 Å². The van der Waals surface area contributed by atoms with Crippen LogP contribution in [0.15, 0.2) is 12.1 Å². The summed E-state index contributed by atoms with van der Waals surface area (Å²) in [7, 11) is 1.83. The maximum atomic E-state index is 11.7. The van der Waals surface area contributed by atoms with E-state index in [0.717, 1.165) is 29.7 Å². The molecule has 2 N–H and O–H groups in total. The van der Waals surface area contributed by atoms with Crippen LogP contribution in [0.25, 0.3) is 0 Å². The van der Waals surface area contributed by atoms with Crippen molar-refractivity contribution in [1.29, 1.82) is 0 Å². The SMILES string of the molecule is Cc1cc(CNC2CCN(C)C2=O)cc(C)c1O. The molecule has 0 spiro atoms. The number of carbonyl (C=O) groups is 1. The number of aromatic hydroxyl groups is 1. The lowest BCUT2D eigenvalue weighted by molar-refractivity contribution is -0.128. The number of phenols is 1. The van der Waals surface area contributed by atoms with Gasteiger partial charge >= 0.3 is 0 Å². The first-order valence-corrected chi connectivity index (χ1v) is 6.26. The summed E-state index contributed by atoms with van der Waals surface area (Å²) >= 11 is 0. The number of benzene rings is 1. The number of phenolic OH excluding ortho intramolecular Hbond substituents is 1. The van der Waals surface area contributed by atoms with Gasteiger partial charge in [-0.15, -0.1) is 0 Å². The molecule has 4 heteroatoms. The van der Waals surface area contributed by atoms with Gasteiger partial charge in [-0.1, -0.05) is 12.1 Å². The summed E-state index contributed by atoms with van der Waals surface area (Å²) in [5, 5.41) is 13.0. The maximum Gasteiger partial charge on any atom is 0.239 e. The van der Waals surface area contributed by atoms with Gasteiger partial charge in [0.2, 0.25) is 5.91 Å². The highest BCUT2D eigenvalue weighted by atomic mass is 16.3. The van der Waals surface area contributed by atoms with Gasteiger partial charge in [0.1, 0.15) is 5.75 Å². The van der Waals surface area contributed by atoms with E-state index in [2.05, 4.69) is 5.32 Å². The molecule has 0 aromatic heterocycles. The molecule has 1 atom stereocenters. The number of aryl methyl sites for hydroxylation is 2. The van der Waals surface area contributed by atoms with E-state index in [1.54, 1.807) is 4.90 Å². The van der Waals surface area contributed by atoms with E-state index >= 15 is 0 Å². The van der Waals surface area contributed by atoms with Crippen LogP contribution in [-0.4, -0.2) is 35.5 Å². The van der Waals surface area contributed by atoms with Crippen molar-refractivity contribution in [1.82, 2.24) is 10.2 Å². The van der Waals surface area contributed by atoms with E-state index in [0.29, 0.717) is 12.3 Å². The lowest BCUT2D eigenvalue weighted by Gasteiger charge is -2.13. The van der Waals surface area contributed by atoms with Gasteiger partial charge in [-0.25, -0.2) is 0 Å². The molecule has 1 aromatic carbocycles. The molecule has 0 saturated carbocycles. The van der Waals surface area contributed by atoms with Crippen LogP contribution in [-0.2, 0) is 11.3 Å².